The molecule has 2 heterocycles. The Balaban J connectivity index is 1.84. The Morgan fingerprint density at radius 3 is 2.67 bits per heavy atom. The Labute approximate surface area is 136 Å². The van der Waals surface area contributed by atoms with E-state index < -0.39 is 17.6 Å². The molecule has 0 radical (unpaired) electrons. The molecule has 6 heteroatoms. The summed E-state index contributed by atoms with van der Waals surface area (Å²) in [6.45, 7) is 0. The first kappa shape index (κ1) is 14.6. The minimum absolute atomic E-state index is 0.0708. The fourth-order valence-corrected chi connectivity index (χ4v) is 3.03. The van der Waals surface area contributed by atoms with Crippen LogP contribution in [0, 0.1) is 11.6 Å². The van der Waals surface area contributed by atoms with Crippen molar-refractivity contribution in [3.8, 4) is 5.69 Å². The molecular weight excluding hydrogens is 312 g/mol. The minimum Gasteiger partial charge on any atom is -0.310 e. The number of nitrogens with one attached hydrogen (secondary N) is 1. The molecule has 1 aliphatic rings. The van der Waals surface area contributed by atoms with Crippen molar-refractivity contribution < 1.29 is 13.6 Å². The Bertz CT molecular complexity index is 921. The molecule has 0 bridgehead atoms. The molecule has 0 saturated heterocycles. The third kappa shape index (κ3) is 2.36. The molecule has 1 N–H and O–H groups in total. The van der Waals surface area contributed by atoms with Crippen LogP contribution in [-0.2, 0) is 4.79 Å². The van der Waals surface area contributed by atoms with Crippen molar-refractivity contribution in [1.29, 1.82) is 0 Å². The van der Waals surface area contributed by atoms with Crippen molar-refractivity contribution in [2.24, 2.45) is 0 Å². The number of hydrogen-bond acceptors (Lipinski definition) is 2. The topological polar surface area (TPSA) is 46.9 Å². The SMILES string of the molecule is O=C1CC(c2ccc(F)cc2F)c2ncn(-c3ccccc3)c2N1. The van der Waals surface area contributed by atoms with E-state index in [1.54, 1.807) is 10.9 Å². The summed E-state index contributed by atoms with van der Waals surface area (Å²) in [7, 11) is 0. The zero-order valence-electron chi connectivity index (χ0n) is 12.5. The number of nitrogens with zero attached hydrogens (tertiary/aromatic N) is 2. The van der Waals surface area contributed by atoms with E-state index in [0.29, 0.717) is 11.5 Å². The number of rotatable bonds is 2. The first-order valence-electron chi connectivity index (χ1n) is 7.51. The van der Waals surface area contributed by atoms with Crippen LogP contribution in [0.5, 0.6) is 0 Å². The summed E-state index contributed by atoms with van der Waals surface area (Å²) in [6.07, 6.45) is 1.67. The van der Waals surface area contributed by atoms with Gasteiger partial charge in [0.2, 0.25) is 5.91 Å². The van der Waals surface area contributed by atoms with Crippen molar-refractivity contribution in [2.45, 2.75) is 12.3 Å². The van der Waals surface area contributed by atoms with Crippen molar-refractivity contribution in [2.75, 3.05) is 5.32 Å². The maximum Gasteiger partial charge on any atom is 0.226 e. The number of para-hydroxylation sites is 1. The molecule has 2 aromatic carbocycles. The molecular formula is C18H13F2N3O. The first-order chi connectivity index (χ1) is 11.6. The van der Waals surface area contributed by atoms with Crippen LogP contribution in [0.15, 0.2) is 54.9 Å². The summed E-state index contributed by atoms with van der Waals surface area (Å²) >= 11 is 0. The van der Waals surface area contributed by atoms with Crippen LogP contribution >= 0.6 is 0 Å². The summed E-state index contributed by atoms with van der Waals surface area (Å²) in [6, 6.07) is 12.8. The van der Waals surface area contributed by atoms with E-state index in [9.17, 15) is 13.6 Å². The van der Waals surface area contributed by atoms with Gasteiger partial charge >= 0.3 is 0 Å². The van der Waals surface area contributed by atoms with Gasteiger partial charge in [-0.2, -0.15) is 0 Å². The number of anilines is 1. The Morgan fingerprint density at radius 2 is 1.92 bits per heavy atom. The van der Waals surface area contributed by atoms with Crippen LogP contribution in [-0.4, -0.2) is 15.5 Å². The Morgan fingerprint density at radius 1 is 1.12 bits per heavy atom. The van der Waals surface area contributed by atoms with Crippen LogP contribution in [0.3, 0.4) is 0 Å². The summed E-state index contributed by atoms with van der Waals surface area (Å²) < 4.78 is 29.1. The van der Waals surface area contributed by atoms with Crippen molar-refractivity contribution in [1.82, 2.24) is 9.55 Å². The Hall–Kier alpha value is -3.02. The van der Waals surface area contributed by atoms with E-state index in [1.165, 1.54) is 12.1 Å². The average Bonchev–Trinajstić information content (AvgIpc) is 2.99. The van der Waals surface area contributed by atoms with Crippen LogP contribution < -0.4 is 5.32 Å². The maximum absolute atomic E-state index is 14.2. The first-order valence-corrected chi connectivity index (χ1v) is 7.51. The molecule has 4 nitrogen and oxygen atoms in total. The second-order valence-corrected chi connectivity index (χ2v) is 5.65. The highest BCUT2D eigenvalue weighted by Gasteiger charge is 2.32. The largest absolute Gasteiger partial charge is 0.310 e. The summed E-state index contributed by atoms with van der Waals surface area (Å²) in [5, 5.41) is 2.80. The van der Waals surface area contributed by atoms with E-state index in [4.69, 9.17) is 0 Å². The third-order valence-electron chi connectivity index (χ3n) is 4.15. The molecule has 24 heavy (non-hydrogen) atoms. The molecule has 1 unspecified atom stereocenters. The van der Waals surface area contributed by atoms with Crippen LogP contribution in [0.1, 0.15) is 23.6 Å². The number of imidazole rings is 1. The molecule has 4 rings (SSSR count). The number of amides is 1. The highest BCUT2D eigenvalue weighted by atomic mass is 19.1. The van der Waals surface area contributed by atoms with Gasteiger partial charge in [-0.05, 0) is 23.8 Å². The molecule has 120 valence electrons. The molecule has 1 atom stereocenters. The van der Waals surface area contributed by atoms with Gasteiger partial charge in [0.05, 0.1) is 5.69 Å². The van der Waals surface area contributed by atoms with Gasteiger partial charge in [0.25, 0.3) is 0 Å². The van der Waals surface area contributed by atoms with E-state index in [1.807, 2.05) is 30.3 Å². The van der Waals surface area contributed by atoms with E-state index in [-0.39, 0.29) is 17.9 Å². The monoisotopic (exact) mass is 325 g/mol. The number of hydrogen-bond donors (Lipinski definition) is 1. The zero-order chi connectivity index (χ0) is 16.7. The summed E-state index contributed by atoms with van der Waals surface area (Å²) in [5.74, 6) is -1.57. The quantitative estimate of drug-likeness (QED) is 0.782. The van der Waals surface area contributed by atoms with Gasteiger partial charge in [-0.3, -0.25) is 9.36 Å². The van der Waals surface area contributed by atoms with Crippen LogP contribution in [0.25, 0.3) is 5.69 Å². The second kappa shape index (κ2) is 5.56. The molecule has 3 aromatic rings. The number of carbonyl (C=O) groups excluding carboxylic acids is 1. The van der Waals surface area contributed by atoms with Gasteiger partial charge in [0.15, 0.2) is 0 Å². The zero-order valence-corrected chi connectivity index (χ0v) is 12.5. The number of carbonyl (C=O) groups is 1. The van der Waals surface area contributed by atoms with Crippen LogP contribution in [0.2, 0.25) is 0 Å². The van der Waals surface area contributed by atoms with Gasteiger partial charge in [0, 0.05) is 24.1 Å². The molecule has 0 saturated carbocycles. The number of aromatic nitrogens is 2. The van der Waals surface area contributed by atoms with Crippen LogP contribution in [0.4, 0.5) is 14.6 Å². The van der Waals surface area contributed by atoms with Gasteiger partial charge in [-0.15, -0.1) is 0 Å². The average molecular weight is 325 g/mol. The fraction of sp³-hybridized carbons (Fsp3) is 0.111. The molecule has 1 aromatic heterocycles. The highest BCUT2D eigenvalue weighted by molar-refractivity contribution is 5.94. The van der Waals surface area contributed by atoms with E-state index in [2.05, 4.69) is 10.3 Å². The molecule has 1 amide bonds. The van der Waals surface area contributed by atoms with E-state index in [0.717, 1.165) is 11.8 Å². The second-order valence-electron chi connectivity index (χ2n) is 5.65. The highest BCUT2D eigenvalue weighted by Crippen LogP contribution is 2.38. The summed E-state index contributed by atoms with van der Waals surface area (Å²) in [5.41, 5.74) is 1.68. The number of benzene rings is 2. The Kier molecular flexibility index (Phi) is 3.37. The van der Waals surface area contributed by atoms with Gasteiger partial charge in [-0.1, -0.05) is 24.3 Å². The fourth-order valence-electron chi connectivity index (χ4n) is 3.03. The van der Waals surface area contributed by atoms with Crippen molar-refractivity contribution in [3.63, 3.8) is 0 Å². The standard InChI is InChI=1S/C18H13F2N3O/c19-11-6-7-13(15(20)8-11)14-9-16(24)22-18-17(14)21-10-23(18)12-4-2-1-3-5-12/h1-8,10,14H,9H2,(H,22,24). The van der Waals surface area contributed by atoms with Crippen molar-refractivity contribution >= 4 is 11.7 Å². The maximum atomic E-state index is 14.2. The number of fused-ring (bicyclic) bond motifs is 1. The lowest BCUT2D eigenvalue weighted by Crippen LogP contribution is -2.25. The lowest BCUT2D eigenvalue weighted by molar-refractivity contribution is -0.116. The van der Waals surface area contributed by atoms with Gasteiger partial charge in [0.1, 0.15) is 23.8 Å². The van der Waals surface area contributed by atoms with Crippen molar-refractivity contribution in [3.05, 3.63) is 77.8 Å². The lowest BCUT2D eigenvalue weighted by atomic mass is 9.89. The lowest BCUT2D eigenvalue weighted by Gasteiger charge is -2.23. The summed E-state index contributed by atoms with van der Waals surface area (Å²) in [4.78, 5) is 16.5. The van der Waals surface area contributed by atoms with Gasteiger partial charge < -0.3 is 5.32 Å². The number of halogens is 2. The predicted molar refractivity (Wildman–Crippen MR) is 85.0 cm³/mol. The molecule has 0 aliphatic carbocycles. The van der Waals surface area contributed by atoms with Gasteiger partial charge in [-0.25, -0.2) is 13.8 Å². The molecule has 1 aliphatic heterocycles. The predicted octanol–water partition coefficient (Wildman–Crippen LogP) is 3.62. The molecule has 0 spiro atoms. The molecule has 0 fully saturated rings. The third-order valence-corrected chi connectivity index (χ3v) is 4.15. The smallest absolute Gasteiger partial charge is 0.226 e. The minimum atomic E-state index is -0.671. The normalized spacial score (nSPS) is 16.6. The van der Waals surface area contributed by atoms with E-state index >= 15 is 0 Å².